The van der Waals surface area contributed by atoms with Crippen LogP contribution in [0.3, 0.4) is 0 Å². The lowest BCUT2D eigenvalue weighted by molar-refractivity contribution is 0.201. The minimum atomic E-state index is 0.275. The average molecular weight is 263 g/mol. The lowest BCUT2D eigenvalue weighted by Crippen LogP contribution is -2.28. The Bertz CT molecular complexity index is 351. The zero-order chi connectivity index (χ0) is 14.1. The summed E-state index contributed by atoms with van der Waals surface area (Å²) in [7, 11) is 0. The largest absolute Gasteiger partial charge is 0.490 e. The molecule has 1 aromatic rings. The van der Waals surface area contributed by atoms with Crippen molar-refractivity contribution in [2.24, 2.45) is 0 Å². The fourth-order valence-electron chi connectivity index (χ4n) is 2.08. The van der Waals surface area contributed by atoms with Crippen LogP contribution in [0.2, 0.25) is 0 Å². The molecule has 0 bridgehead atoms. The van der Waals surface area contributed by atoms with Crippen molar-refractivity contribution in [1.29, 1.82) is 0 Å². The van der Waals surface area contributed by atoms with Crippen molar-refractivity contribution in [3.8, 4) is 5.75 Å². The summed E-state index contributed by atoms with van der Waals surface area (Å²) >= 11 is 0. The molecule has 19 heavy (non-hydrogen) atoms. The highest BCUT2D eigenvalue weighted by atomic mass is 16.5. The predicted molar refractivity (Wildman–Crippen MR) is 82.9 cm³/mol. The van der Waals surface area contributed by atoms with E-state index in [9.17, 15) is 0 Å². The van der Waals surface area contributed by atoms with Crippen LogP contribution in [0.4, 0.5) is 0 Å². The van der Waals surface area contributed by atoms with Gasteiger partial charge in [0, 0.05) is 6.04 Å². The normalized spacial score (nSPS) is 14.1. The molecule has 0 fully saturated rings. The van der Waals surface area contributed by atoms with Gasteiger partial charge < -0.3 is 10.1 Å². The monoisotopic (exact) mass is 263 g/mol. The first-order valence-electron chi connectivity index (χ1n) is 7.59. The standard InChI is InChI=1S/C17H29NO/c1-5-6-13-18-15(3)11-12-16(4)19-17-10-8-7-9-14(17)2/h7-10,15-16,18H,5-6,11-13H2,1-4H3/t15-,16-/m0/s1. The first-order valence-corrected chi connectivity index (χ1v) is 7.59. The molecule has 0 heterocycles. The van der Waals surface area contributed by atoms with Crippen LogP contribution in [0.25, 0.3) is 0 Å². The molecule has 1 rings (SSSR count). The highest BCUT2D eigenvalue weighted by molar-refractivity contribution is 5.31. The second-order valence-corrected chi connectivity index (χ2v) is 5.48. The van der Waals surface area contributed by atoms with Crippen molar-refractivity contribution < 1.29 is 4.74 Å². The van der Waals surface area contributed by atoms with E-state index >= 15 is 0 Å². The van der Waals surface area contributed by atoms with Gasteiger partial charge in [0.2, 0.25) is 0 Å². The van der Waals surface area contributed by atoms with Crippen LogP contribution >= 0.6 is 0 Å². The number of aryl methyl sites for hydroxylation is 1. The van der Waals surface area contributed by atoms with Crippen LogP contribution < -0.4 is 10.1 Å². The van der Waals surface area contributed by atoms with E-state index < -0.39 is 0 Å². The average Bonchev–Trinajstić information content (AvgIpc) is 2.39. The third kappa shape index (κ3) is 6.63. The predicted octanol–water partition coefficient (Wildman–Crippen LogP) is 4.32. The Labute approximate surface area is 118 Å². The Morgan fingerprint density at radius 3 is 2.58 bits per heavy atom. The van der Waals surface area contributed by atoms with E-state index in [1.165, 1.54) is 18.4 Å². The van der Waals surface area contributed by atoms with E-state index in [1.807, 2.05) is 12.1 Å². The summed E-state index contributed by atoms with van der Waals surface area (Å²) in [6, 6.07) is 8.80. The second kappa shape index (κ2) is 8.98. The molecule has 0 radical (unpaired) electrons. The van der Waals surface area contributed by atoms with Gasteiger partial charge in [-0.25, -0.2) is 0 Å². The minimum absolute atomic E-state index is 0.275. The van der Waals surface area contributed by atoms with Crippen molar-refractivity contribution in [1.82, 2.24) is 5.32 Å². The summed E-state index contributed by atoms with van der Waals surface area (Å²) in [5.74, 6) is 1.02. The zero-order valence-corrected chi connectivity index (χ0v) is 12.9. The molecule has 0 saturated carbocycles. The van der Waals surface area contributed by atoms with Crippen molar-refractivity contribution in [3.63, 3.8) is 0 Å². The summed E-state index contributed by atoms with van der Waals surface area (Å²) in [5, 5.41) is 3.56. The number of unbranched alkanes of at least 4 members (excludes halogenated alkanes) is 1. The minimum Gasteiger partial charge on any atom is -0.490 e. The van der Waals surface area contributed by atoms with Crippen LogP contribution in [0.5, 0.6) is 5.75 Å². The number of rotatable bonds is 9. The molecule has 0 unspecified atom stereocenters. The molecule has 0 aliphatic rings. The van der Waals surface area contributed by atoms with Gasteiger partial charge in [0.05, 0.1) is 6.10 Å². The molecule has 0 aliphatic heterocycles. The van der Waals surface area contributed by atoms with Gasteiger partial charge in [0.1, 0.15) is 5.75 Å². The zero-order valence-electron chi connectivity index (χ0n) is 12.9. The summed E-state index contributed by atoms with van der Waals surface area (Å²) in [4.78, 5) is 0. The number of hydrogen-bond acceptors (Lipinski definition) is 2. The smallest absolute Gasteiger partial charge is 0.122 e. The third-order valence-electron chi connectivity index (χ3n) is 3.45. The van der Waals surface area contributed by atoms with Crippen molar-refractivity contribution >= 4 is 0 Å². The van der Waals surface area contributed by atoms with Crippen molar-refractivity contribution in [2.75, 3.05) is 6.54 Å². The first kappa shape index (κ1) is 16.0. The summed E-state index contributed by atoms with van der Waals surface area (Å²) < 4.78 is 5.99. The lowest BCUT2D eigenvalue weighted by Gasteiger charge is -2.19. The molecule has 1 N–H and O–H groups in total. The van der Waals surface area contributed by atoms with Crippen LogP contribution in [0, 0.1) is 6.92 Å². The van der Waals surface area contributed by atoms with Gasteiger partial charge in [-0.2, -0.15) is 0 Å². The van der Waals surface area contributed by atoms with Crippen molar-refractivity contribution in [3.05, 3.63) is 29.8 Å². The quantitative estimate of drug-likeness (QED) is 0.670. The Morgan fingerprint density at radius 1 is 1.16 bits per heavy atom. The van der Waals surface area contributed by atoms with Gasteiger partial charge in [-0.1, -0.05) is 31.5 Å². The molecule has 0 saturated heterocycles. The molecule has 0 aliphatic carbocycles. The molecule has 0 amide bonds. The molecule has 0 spiro atoms. The third-order valence-corrected chi connectivity index (χ3v) is 3.45. The van der Waals surface area contributed by atoms with Gasteiger partial charge in [0.15, 0.2) is 0 Å². The number of para-hydroxylation sites is 1. The second-order valence-electron chi connectivity index (χ2n) is 5.48. The molecular formula is C17H29NO. The van der Waals surface area contributed by atoms with Crippen molar-refractivity contribution in [2.45, 2.75) is 65.5 Å². The maximum atomic E-state index is 5.99. The maximum absolute atomic E-state index is 5.99. The summed E-state index contributed by atoms with van der Waals surface area (Å²) in [5.41, 5.74) is 1.21. The summed E-state index contributed by atoms with van der Waals surface area (Å²) in [6.07, 6.45) is 5.05. The summed E-state index contributed by atoms with van der Waals surface area (Å²) in [6.45, 7) is 9.87. The SMILES string of the molecule is CCCCN[C@@H](C)CC[C@H](C)Oc1ccccc1C. The van der Waals surface area contributed by atoms with Crippen LogP contribution in [-0.2, 0) is 0 Å². The van der Waals surface area contributed by atoms with E-state index in [4.69, 9.17) is 4.74 Å². The first-order chi connectivity index (χ1) is 9.13. The van der Waals surface area contributed by atoms with Crippen LogP contribution in [0.1, 0.15) is 52.0 Å². The van der Waals surface area contributed by atoms with E-state index in [2.05, 4.69) is 45.1 Å². The molecule has 2 nitrogen and oxygen atoms in total. The fraction of sp³-hybridized carbons (Fsp3) is 0.647. The number of ether oxygens (including phenoxy) is 1. The molecule has 108 valence electrons. The van der Waals surface area contributed by atoms with E-state index in [0.29, 0.717) is 6.04 Å². The topological polar surface area (TPSA) is 21.3 Å². The molecule has 1 aromatic carbocycles. The highest BCUT2D eigenvalue weighted by Gasteiger charge is 2.08. The molecule has 2 heteroatoms. The molecular weight excluding hydrogens is 234 g/mol. The highest BCUT2D eigenvalue weighted by Crippen LogP contribution is 2.19. The van der Waals surface area contributed by atoms with Gasteiger partial charge in [-0.05, 0) is 58.2 Å². The molecule has 0 aromatic heterocycles. The lowest BCUT2D eigenvalue weighted by atomic mass is 10.1. The Kier molecular flexibility index (Phi) is 7.57. The fourth-order valence-corrected chi connectivity index (χ4v) is 2.08. The Morgan fingerprint density at radius 2 is 1.89 bits per heavy atom. The van der Waals surface area contributed by atoms with Crippen LogP contribution in [0.15, 0.2) is 24.3 Å². The number of hydrogen-bond donors (Lipinski definition) is 1. The van der Waals surface area contributed by atoms with Gasteiger partial charge in [-0.15, -0.1) is 0 Å². The number of nitrogens with one attached hydrogen (secondary N) is 1. The van der Waals surface area contributed by atoms with E-state index in [1.54, 1.807) is 0 Å². The van der Waals surface area contributed by atoms with Gasteiger partial charge in [0.25, 0.3) is 0 Å². The van der Waals surface area contributed by atoms with Gasteiger partial charge in [-0.3, -0.25) is 0 Å². The van der Waals surface area contributed by atoms with E-state index in [-0.39, 0.29) is 6.10 Å². The number of benzene rings is 1. The van der Waals surface area contributed by atoms with Crippen LogP contribution in [-0.4, -0.2) is 18.7 Å². The van der Waals surface area contributed by atoms with E-state index in [0.717, 1.165) is 25.1 Å². The Hall–Kier alpha value is -1.02. The maximum Gasteiger partial charge on any atom is 0.122 e. The Balaban J connectivity index is 2.24. The van der Waals surface area contributed by atoms with Gasteiger partial charge >= 0.3 is 0 Å². The molecule has 2 atom stereocenters.